The molecule has 0 N–H and O–H groups in total. The number of morpholine rings is 1. The molecule has 1 heterocycles. The van der Waals surface area contributed by atoms with E-state index in [-0.39, 0.29) is 11.7 Å². The second kappa shape index (κ2) is 8.98. The lowest BCUT2D eigenvalue weighted by molar-refractivity contribution is -0.150. The van der Waals surface area contributed by atoms with Crippen molar-refractivity contribution in [2.45, 2.75) is 25.6 Å². The van der Waals surface area contributed by atoms with E-state index in [9.17, 15) is 17.1 Å². The van der Waals surface area contributed by atoms with Crippen molar-refractivity contribution >= 4 is 16.4 Å². The first-order valence-electron chi connectivity index (χ1n) is 8.06. The van der Waals surface area contributed by atoms with Gasteiger partial charge in [-0.1, -0.05) is 28.9 Å². The van der Waals surface area contributed by atoms with Gasteiger partial charge in [0, 0.05) is 13.1 Å². The Morgan fingerprint density at radius 2 is 1.96 bits per heavy atom. The maximum Gasteiger partial charge on any atom is 0.488 e. The van der Waals surface area contributed by atoms with Crippen LogP contribution >= 0.6 is 0 Å². The molecule has 7 nitrogen and oxygen atoms in total. The molecule has 142 valence electrons. The van der Waals surface area contributed by atoms with Crippen molar-refractivity contribution in [3.05, 3.63) is 29.8 Å². The molecule has 1 fully saturated rings. The molecular formula is C17H20FNO6S. The van der Waals surface area contributed by atoms with Crippen molar-refractivity contribution in [3.8, 4) is 18.1 Å². The molecule has 9 heteroatoms. The number of nitrogens with zero attached hydrogens (tertiary/aromatic N) is 1. The predicted octanol–water partition coefficient (Wildman–Crippen LogP) is 1.61. The zero-order chi connectivity index (χ0) is 19.2. The Kier molecular flexibility index (Phi) is 6.97. The number of carbonyl (C=O) groups is 1. The highest BCUT2D eigenvalue weighted by molar-refractivity contribution is 7.81. The molecule has 1 aliphatic heterocycles. The number of amides is 1. The Morgan fingerprint density at radius 3 is 2.46 bits per heavy atom. The molecule has 0 radical (unpaired) electrons. The van der Waals surface area contributed by atoms with Crippen LogP contribution in [0.4, 0.5) is 3.89 Å². The van der Waals surface area contributed by atoms with Gasteiger partial charge in [-0.3, -0.25) is 4.79 Å². The first-order valence-corrected chi connectivity index (χ1v) is 9.37. The number of rotatable bonds is 7. The van der Waals surface area contributed by atoms with Crippen LogP contribution in [0.1, 0.15) is 25.0 Å². The standard InChI is InChI=1S/C17H20FNO6S/c1-3-14(4-2)24-16(17(20)19-9-11-23-12-10-19)13-5-7-15(8-6-13)25-26(18,21)22/h1,5-8,14,16H,4,9-12H2,2H3. The number of hydrogen-bond donors (Lipinski definition) is 0. The van der Waals surface area contributed by atoms with E-state index in [2.05, 4.69) is 10.1 Å². The maximum atomic E-state index is 12.9. The van der Waals surface area contributed by atoms with E-state index < -0.39 is 22.7 Å². The first kappa shape index (κ1) is 20.2. The average molecular weight is 385 g/mol. The molecule has 2 atom stereocenters. The molecule has 0 saturated carbocycles. The lowest BCUT2D eigenvalue weighted by Crippen LogP contribution is -2.44. The van der Waals surface area contributed by atoms with E-state index in [1.807, 2.05) is 6.92 Å². The summed E-state index contributed by atoms with van der Waals surface area (Å²) in [4.78, 5) is 14.5. The Morgan fingerprint density at radius 1 is 1.35 bits per heavy atom. The Labute approximate surface area is 152 Å². The fourth-order valence-corrected chi connectivity index (χ4v) is 2.80. The Bertz CT molecular complexity index is 752. The number of hydrogen-bond acceptors (Lipinski definition) is 6. The highest BCUT2D eigenvalue weighted by Gasteiger charge is 2.30. The summed E-state index contributed by atoms with van der Waals surface area (Å²) in [5, 5.41) is 0. The van der Waals surface area contributed by atoms with Gasteiger partial charge < -0.3 is 18.6 Å². The molecule has 2 unspecified atom stereocenters. The SMILES string of the molecule is C#CC(CC)OC(C(=O)N1CCOCC1)c1ccc(OS(=O)(=O)F)cc1. The minimum atomic E-state index is -5.12. The second-order valence-corrected chi connectivity index (χ2v) is 6.52. The lowest BCUT2D eigenvalue weighted by atomic mass is 10.1. The van der Waals surface area contributed by atoms with Gasteiger partial charge in [-0.05, 0) is 24.1 Å². The fourth-order valence-electron chi connectivity index (χ4n) is 2.46. The van der Waals surface area contributed by atoms with E-state index in [1.165, 1.54) is 24.3 Å². The van der Waals surface area contributed by atoms with Crippen LogP contribution in [-0.4, -0.2) is 51.6 Å². The van der Waals surface area contributed by atoms with Crippen LogP contribution in [-0.2, 0) is 24.8 Å². The summed E-state index contributed by atoms with van der Waals surface area (Å²) in [6.45, 7) is 3.58. The van der Waals surface area contributed by atoms with Crippen LogP contribution in [0.15, 0.2) is 24.3 Å². The van der Waals surface area contributed by atoms with Gasteiger partial charge >= 0.3 is 10.5 Å². The summed E-state index contributed by atoms with van der Waals surface area (Å²) < 4.78 is 48.9. The third-order valence-corrected chi connectivity index (χ3v) is 4.17. The molecule has 0 spiro atoms. The molecular weight excluding hydrogens is 365 g/mol. The number of carbonyl (C=O) groups excluding carboxylic acids is 1. The molecule has 2 rings (SSSR count). The highest BCUT2D eigenvalue weighted by atomic mass is 32.3. The topological polar surface area (TPSA) is 82.1 Å². The van der Waals surface area contributed by atoms with Gasteiger partial charge in [-0.2, -0.15) is 8.42 Å². The third-order valence-electron chi connectivity index (χ3n) is 3.78. The van der Waals surface area contributed by atoms with Crippen LogP contribution in [0.3, 0.4) is 0 Å². The molecule has 0 aromatic heterocycles. The molecule has 1 aliphatic rings. The summed E-state index contributed by atoms with van der Waals surface area (Å²) in [6, 6.07) is 5.36. The zero-order valence-electron chi connectivity index (χ0n) is 14.3. The van der Waals surface area contributed by atoms with Crippen molar-refractivity contribution in [3.63, 3.8) is 0 Å². The monoisotopic (exact) mass is 385 g/mol. The van der Waals surface area contributed by atoms with Gasteiger partial charge in [-0.25, -0.2) is 0 Å². The van der Waals surface area contributed by atoms with Crippen LogP contribution in [0.25, 0.3) is 0 Å². The summed E-state index contributed by atoms with van der Waals surface area (Å²) in [6.07, 6.45) is 4.42. The normalized spacial score (nSPS) is 17.2. The Balaban J connectivity index is 2.24. The molecule has 0 bridgehead atoms. The third kappa shape index (κ3) is 5.69. The maximum absolute atomic E-state index is 12.9. The summed E-state index contributed by atoms with van der Waals surface area (Å²) >= 11 is 0. The van der Waals surface area contributed by atoms with E-state index >= 15 is 0 Å². The van der Waals surface area contributed by atoms with E-state index in [4.69, 9.17) is 15.9 Å². The fraction of sp³-hybridized carbons (Fsp3) is 0.471. The van der Waals surface area contributed by atoms with E-state index in [0.717, 1.165) is 0 Å². The van der Waals surface area contributed by atoms with Gasteiger partial charge in [0.2, 0.25) is 0 Å². The average Bonchev–Trinajstić information content (AvgIpc) is 2.63. The summed E-state index contributed by atoms with van der Waals surface area (Å²) in [5.41, 5.74) is 0.457. The van der Waals surface area contributed by atoms with Gasteiger partial charge in [0.05, 0.1) is 13.2 Å². The molecule has 1 aromatic rings. The van der Waals surface area contributed by atoms with Gasteiger partial charge in [0.1, 0.15) is 11.9 Å². The highest BCUT2D eigenvalue weighted by Crippen LogP contribution is 2.26. The van der Waals surface area contributed by atoms with Gasteiger partial charge in [-0.15, -0.1) is 6.42 Å². The predicted molar refractivity (Wildman–Crippen MR) is 91.2 cm³/mol. The van der Waals surface area contributed by atoms with Crippen molar-refractivity contribution in [1.29, 1.82) is 0 Å². The second-order valence-electron chi connectivity index (χ2n) is 5.56. The molecule has 1 amide bonds. The van der Waals surface area contributed by atoms with Gasteiger partial charge in [0.15, 0.2) is 6.10 Å². The van der Waals surface area contributed by atoms with Crippen LogP contribution in [0, 0.1) is 12.3 Å². The van der Waals surface area contributed by atoms with E-state index in [0.29, 0.717) is 38.3 Å². The number of ether oxygens (including phenoxy) is 2. The van der Waals surface area contributed by atoms with Crippen LogP contribution in [0.2, 0.25) is 0 Å². The quantitative estimate of drug-likeness (QED) is 0.524. The van der Waals surface area contributed by atoms with Crippen molar-refractivity contribution in [2.24, 2.45) is 0 Å². The molecule has 1 saturated heterocycles. The van der Waals surface area contributed by atoms with Crippen molar-refractivity contribution < 1.29 is 30.8 Å². The smallest absolute Gasteiger partial charge is 0.378 e. The summed E-state index contributed by atoms with van der Waals surface area (Å²) in [7, 11) is -5.12. The minimum Gasteiger partial charge on any atom is -0.378 e. The van der Waals surface area contributed by atoms with Crippen LogP contribution < -0.4 is 4.18 Å². The first-order chi connectivity index (χ1) is 12.3. The Hall–Kier alpha value is -2.15. The number of halogens is 1. The number of terminal acetylenes is 1. The molecule has 1 aromatic carbocycles. The van der Waals surface area contributed by atoms with E-state index in [1.54, 1.807) is 4.90 Å². The molecule has 26 heavy (non-hydrogen) atoms. The summed E-state index contributed by atoms with van der Waals surface area (Å²) in [5.74, 6) is 2.00. The van der Waals surface area contributed by atoms with Crippen molar-refractivity contribution in [2.75, 3.05) is 26.3 Å². The lowest BCUT2D eigenvalue weighted by Gasteiger charge is -2.31. The minimum absolute atomic E-state index is 0.210. The molecule has 0 aliphatic carbocycles. The van der Waals surface area contributed by atoms with Gasteiger partial charge in [0.25, 0.3) is 5.91 Å². The van der Waals surface area contributed by atoms with Crippen molar-refractivity contribution in [1.82, 2.24) is 4.90 Å². The zero-order valence-corrected chi connectivity index (χ0v) is 15.1. The largest absolute Gasteiger partial charge is 0.488 e. The number of benzene rings is 1. The van der Waals surface area contributed by atoms with Crippen LogP contribution in [0.5, 0.6) is 5.75 Å².